The van der Waals surface area contributed by atoms with Gasteiger partial charge in [0.2, 0.25) is 5.90 Å². The third-order valence-electron chi connectivity index (χ3n) is 5.05. The summed E-state index contributed by atoms with van der Waals surface area (Å²) in [6.45, 7) is 6.99. The molecule has 3 aromatic carbocycles. The molecule has 0 atom stereocenters. The number of rotatable bonds is 5. The van der Waals surface area contributed by atoms with E-state index in [-0.39, 0.29) is 11.1 Å². The predicted molar refractivity (Wildman–Crippen MR) is 123 cm³/mol. The van der Waals surface area contributed by atoms with Crippen LogP contribution in [-0.4, -0.2) is 11.9 Å². The van der Waals surface area contributed by atoms with Crippen molar-refractivity contribution in [2.45, 2.75) is 32.8 Å². The number of cyclic esters (lactones) is 1. The molecule has 4 heteroatoms. The number of ether oxygens (including phenoxy) is 2. The second kappa shape index (κ2) is 8.60. The van der Waals surface area contributed by atoms with Crippen molar-refractivity contribution in [3.8, 4) is 5.75 Å². The van der Waals surface area contributed by atoms with Gasteiger partial charge >= 0.3 is 5.97 Å². The molecule has 156 valence electrons. The Balaban J connectivity index is 1.45. The largest absolute Gasteiger partial charge is 0.489 e. The van der Waals surface area contributed by atoms with Crippen LogP contribution in [0.15, 0.2) is 89.6 Å². The first-order chi connectivity index (χ1) is 14.9. The number of carbonyl (C=O) groups is 1. The van der Waals surface area contributed by atoms with E-state index in [0.717, 1.165) is 22.4 Å². The fourth-order valence-electron chi connectivity index (χ4n) is 3.20. The number of aliphatic imine (C=N–C) groups is 1. The standard InChI is InChI=1S/C27H25NO3/c1-27(2,3)22-13-11-21(12-14-22)25-28-24(26(29)31-25)17-19-9-15-23(16-10-19)30-18-20-7-5-4-6-8-20/h4-17H,18H2,1-3H3/b24-17-. The Morgan fingerprint density at radius 1 is 0.903 bits per heavy atom. The lowest BCUT2D eigenvalue weighted by atomic mass is 9.87. The van der Waals surface area contributed by atoms with E-state index in [2.05, 4.69) is 25.8 Å². The second-order valence-electron chi connectivity index (χ2n) is 8.51. The lowest BCUT2D eigenvalue weighted by Gasteiger charge is -2.18. The molecule has 4 rings (SSSR count). The van der Waals surface area contributed by atoms with E-state index in [9.17, 15) is 4.79 Å². The van der Waals surface area contributed by atoms with Crippen LogP contribution in [-0.2, 0) is 21.6 Å². The zero-order chi connectivity index (χ0) is 21.8. The van der Waals surface area contributed by atoms with Crippen molar-refractivity contribution < 1.29 is 14.3 Å². The molecule has 0 amide bonds. The van der Waals surface area contributed by atoms with E-state index in [0.29, 0.717) is 12.5 Å². The monoisotopic (exact) mass is 411 g/mol. The topological polar surface area (TPSA) is 47.9 Å². The lowest BCUT2D eigenvalue weighted by molar-refractivity contribution is -0.129. The third-order valence-corrected chi connectivity index (χ3v) is 5.05. The van der Waals surface area contributed by atoms with Crippen molar-refractivity contribution in [2.24, 2.45) is 4.99 Å². The van der Waals surface area contributed by atoms with Crippen LogP contribution < -0.4 is 4.74 Å². The van der Waals surface area contributed by atoms with Crippen molar-refractivity contribution in [1.82, 2.24) is 0 Å². The van der Waals surface area contributed by atoms with Gasteiger partial charge in [0.1, 0.15) is 12.4 Å². The molecule has 3 aromatic rings. The molecule has 0 aliphatic carbocycles. The van der Waals surface area contributed by atoms with Gasteiger partial charge in [0.15, 0.2) is 5.70 Å². The fraction of sp³-hybridized carbons (Fsp3) is 0.185. The van der Waals surface area contributed by atoms with Crippen LogP contribution in [0.5, 0.6) is 5.75 Å². The van der Waals surface area contributed by atoms with Gasteiger partial charge in [-0.05, 0) is 52.4 Å². The molecule has 0 fully saturated rings. The predicted octanol–water partition coefficient (Wildman–Crippen LogP) is 5.91. The van der Waals surface area contributed by atoms with Gasteiger partial charge in [0.25, 0.3) is 0 Å². The van der Waals surface area contributed by atoms with Crippen LogP contribution in [0.4, 0.5) is 0 Å². The first-order valence-corrected chi connectivity index (χ1v) is 10.3. The summed E-state index contributed by atoms with van der Waals surface area (Å²) in [5.74, 6) is 0.655. The Bertz CT molecular complexity index is 1120. The van der Waals surface area contributed by atoms with Crippen LogP contribution in [0.2, 0.25) is 0 Å². The molecule has 0 aromatic heterocycles. The van der Waals surface area contributed by atoms with E-state index in [1.807, 2.05) is 78.9 Å². The highest BCUT2D eigenvalue weighted by atomic mass is 16.6. The minimum Gasteiger partial charge on any atom is -0.489 e. The SMILES string of the molecule is CC(C)(C)c1ccc(C2=N/C(=C\c3ccc(OCc4ccccc4)cc3)C(=O)O2)cc1. The van der Waals surface area contributed by atoms with Gasteiger partial charge in [-0.2, -0.15) is 0 Å². The molecule has 0 N–H and O–H groups in total. The zero-order valence-corrected chi connectivity index (χ0v) is 18.0. The maximum atomic E-state index is 12.3. The van der Waals surface area contributed by atoms with Gasteiger partial charge in [0.05, 0.1) is 0 Å². The molecule has 0 spiro atoms. The van der Waals surface area contributed by atoms with E-state index in [1.165, 1.54) is 5.56 Å². The summed E-state index contributed by atoms with van der Waals surface area (Å²) in [5.41, 5.74) is 4.31. The summed E-state index contributed by atoms with van der Waals surface area (Å²) in [6, 6.07) is 25.5. The van der Waals surface area contributed by atoms with Crippen molar-refractivity contribution in [3.05, 3.63) is 107 Å². The summed E-state index contributed by atoms with van der Waals surface area (Å²) in [4.78, 5) is 16.7. The van der Waals surface area contributed by atoms with E-state index in [1.54, 1.807) is 6.08 Å². The molecule has 0 bridgehead atoms. The Labute approximate surface area is 182 Å². The van der Waals surface area contributed by atoms with Crippen molar-refractivity contribution in [2.75, 3.05) is 0 Å². The molecule has 1 aliphatic rings. The van der Waals surface area contributed by atoms with E-state index < -0.39 is 5.97 Å². The fourth-order valence-corrected chi connectivity index (χ4v) is 3.20. The van der Waals surface area contributed by atoms with Gasteiger partial charge in [-0.25, -0.2) is 9.79 Å². The second-order valence-corrected chi connectivity index (χ2v) is 8.51. The van der Waals surface area contributed by atoms with E-state index >= 15 is 0 Å². The lowest BCUT2D eigenvalue weighted by Crippen LogP contribution is -2.11. The third kappa shape index (κ3) is 5.10. The molecule has 0 saturated carbocycles. The normalized spacial score (nSPS) is 15.0. The van der Waals surface area contributed by atoms with Gasteiger partial charge in [-0.15, -0.1) is 0 Å². The molecule has 0 unspecified atom stereocenters. The van der Waals surface area contributed by atoms with Crippen LogP contribution in [0.3, 0.4) is 0 Å². The van der Waals surface area contributed by atoms with Crippen molar-refractivity contribution in [1.29, 1.82) is 0 Å². The zero-order valence-electron chi connectivity index (χ0n) is 18.0. The summed E-state index contributed by atoms with van der Waals surface area (Å²) in [5, 5.41) is 0. The highest BCUT2D eigenvalue weighted by molar-refractivity contribution is 6.12. The molecule has 0 radical (unpaired) electrons. The van der Waals surface area contributed by atoms with Crippen molar-refractivity contribution in [3.63, 3.8) is 0 Å². The Kier molecular flexibility index (Phi) is 5.72. The number of carbonyl (C=O) groups excluding carboxylic acids is 1. The van der Waals surface area contributed by atoms with Gasteiger partial charge in [-0.1, -0.05) is 75.4 Å². The summed E-state index contributed by atoms with van der Waals surface area (Å²) in [7, 11) is 0. The van der Waals surface area contributed by atoms with Crippen LogP contribution in [0.25, 0.3) is 6.08 Å². The number of hydrogen-bond acceptors (Lipinski definition) is 4. The quantitative estimate of drug-likeness (QED) is 0.387. The molecule has 31 heavy (non-hydrogen) atoms. The summed E-state index contributed by atoms with van der Waals surface area (Å²) in [6.07, 6.45) is 1.72. The first kappa shape index (κ1) is 20.6. The molecule has 4 nitrogen and oxygen atoms in total. The number of hydrogen-bond donors (Lipinski definition) is 0. The van der Waals surface area contributed by atoms with Gasteiger partial charge < -0.3 is 9.47 Å². The molecular formula is C27H25NO3. The molecule has 1 heterocycles. The van der Waals surface area contributed by atoms with Gasteiger partial charge in [-0.3, -0.25) is 0 Å². The number of benzene rings is 3. The van der Waals surface area contributed by atoms with E-state index in [4.69, 9.17) is 9.47 Å². The summed E-state index contributed by atoms with van der Waals surface area (Å²) < 4.78 is 11.2. The van der Waals surface area contributed by atoms with Gasteiger partial charge in [0, 0.05) is 5.56 Å². The summed E-state index contributed by atoms with van der Waals surface area (Å²) >= 11 is 0. The van der Waals surface area contributed by atoms with Crippen LogP contribution in [0, 0.1) is 0 Å². The minimum absolute atomic E-state index is 0.0642. The molecule has 1 aliphatic heterocycles. The highest BCUT2D eigenvalue weighted by Crippen LogP contribution is 2.25. The van der Waals surface area contributed by atoms with Crippen LogP contribution >= 0.6 is 0 Å². The number of esters is 1. The first-order valence-electron chi connectivity index (χ1n) is 10.3. The average Bonchev–Trinajstić information content (AvgIpc) is 3.14. The highest BCUT2D eigenvalue weighted by Gasteiger charge is 2.24. The van der Waals surface area contributed by atoms with Crippen LogP contribution in [0.1, 0.15) is 43.0 Å². The maximum absolute atomic E-state index is 12.3. The Hall–Kier alpha value is -3.66. The Morgan fingerprint density at radius 3 is 2.23 bits per heavy atom. The molecular weight excluding hydrogens is 386 g/mol. The maximum Gasteiger partial charge on any atom is 0.363 e. The Morgan fingerprint density at radius 2 is 1.58 bits per heavy atom. The average molecular weight is 412 g/mol. The van der Waals surface area contributed by atoms with Crippen molar-refractivity contribution >= 4 is 17.9 Å². The number of nitrogens with zero attached hydrogens (tertiary/aromatic N) is 1. The smallest absolute Gasteiger partial charge is 0.363 e. The molecule has 0 saturated heterocycles. The minimum atomic E-state index is -0.445.